The Hall–Kier alpha value is -2.15. The van der Waals surface area contributed by atoms with Gasteiger partial charge >= 0.3 is 0 Å². The van der Waals surface area contributed by atoms with Crippen molar-refractivity contribution in [2.75, 3.05) is 0 Å². The Morgan fingerprint density at radius 3 is 2.69 bits per heavy atom. The molecule has 0 atom stereocenters. The van der Waals surface area contributed by atoms with Crippen molar-refractivity contribution in [3.05, 3.63) is 42.0 Å². The predicted molar refractivity (Wildman–Crippen MR) is 101 cm³/mol. The number of thioether (sulfide) groups is 1. The molecule has 0 aliphatic heterocycles. The average Bonchev–Trinajstić information content (AvgIpc) is 3.34. The first-order valence-electron chi connectivity index (χ1n) is 9.29. The molecule has 6 nitrogen and oxygen atoms in total. The molecule has 0 N–H and O–H groups in total. The molecule has 2 heterocycles. The minimum absolute atomic E-state index is 0.554. The van der Waals surface area contributed by atoms with Crippen LogP contribution in [-0.4, -0.2) is 24.9 Å². The molecule has 1 saturated carbocycles. The fourth-order valence-electron chi connectivity index (χ4n) is 3.51. The van der Waals surface area contributed by atoms with E-state index in [9.17, 15) is 0 Å². The first-order valence-corrected chi connectivity index (χ1v) is 10.3. The van der Waals surface area contributed by atoms with E-state index in [1.807, 2.05) is 30.3 Å². The van der Waals surface area contributed by atoms with Gasteiger partial charge in [0.2, 0.25) is 11.7 Å². The second kappa shape index (κ2) is 8.03. The van der Waals surface area contributed by atoms with E-state index in [1.165, 1.54) is 32.1 Å². The van der Waals surface area contributed by atoms with Crippen LogP contribution in [0.5, 0.6) is 0 Å². The van der Waals surface area contributed by atoms with Gasteiger partial charge in [-0.05, 0) is 19.8 Å². The van der Waals surface area contributed by atoms with E-state index >= 15 is 0 Å². The van der Waals surface area contributed by atoms with E-state index in [0.717, 1.165) is 23.1 Å². The van der Waals surface area contributed by atoms with E-state index in [2.05, 4.69) is 31.8 Å². The van der Waals surface area contributed by atoms with Gasteiger partial charge in [0, 0.05) is 18.0 Å². The fourth-order valence-corrected chi connectivity index (χ4v) is 4.36. The van der Waals surface area contributed by atoms with Crippen molar-refractivity contribution >= 4 is 11.8 Å². The predicted octanol–water partition coefficient (Wildman–Crippen LogP) is 4.69. The molecule has 1 aromatic carbocycles. The highest BCUT2D eigenvalue weighted by atomic mass is 32.2. The molecule has 1 aliphatic carbocycles. The number of hydrogen-bond donors (Lipinski definition) is 0. The third-order valence-corrected chi connectivity index (χ3v) is 5.81. The van der Waals surface area contributed by atoms with Gasteiger partial charge in [-0.15, -0.1) is 10.2 Å². The molecule has 0 amide bonds. The lowest BCUT2D eigenvalue weighted by molar-refractivity contribution is 0.391. The van der Waals surface area contributed by atoms with Crippen molar-refractivity contribution in [1.82, 2.24) is 24.9 Å². The molecule has 1 aliphatic rings. The normalized spacial score (nSPS) is 15.4. The van der Waals surface area contributed by atoms with Crippen LogP contribution < -0.4 is 0 Å². The SMILES string of the molecule is CCn1c(SCc2nc(-c3ccccc3)no2)nnc1C1CCCCC1. The molecule has 26 heavy (non-hydrogen) atoms. The zero-order valence-electron chi connectivity index (χ0n) is 15.0. The summed E-state index contributed by atoms with van der Waals surface area (Å²) in [4.78, 5) is 4.49. The molecule has 0 radical (unpaired) electrons. The van der Waals surface area contributed by atoms with E-state index in [0.29, 0.717) is 23.4 Å². The third kappa shape index (κ3) is 3.67. The van der Waals surface area contributed by atoms with Gasteiger partial charge in [0.1, 0.15) is 5.82 Å². The zero-order valence-corrected chi connectivity index (χ0v) is 15.8. The summed E-state index contributed by atoms with van der Waals surface area (Å²) in [7, 11) is 0. The summed E-state index contributed by atoms with van der Waals surface area (Å²) in [5.41, 5.74) is 0.962. The lowest BCUT2D eigenvalue weighted by Crippen LogP contribution is -2.12. The highest BCUT2D eigenvalue weighted by molar-refractivity contribution is 7.98. The van der Waals surface area contributed by atoms with Crippen molar-refractivity contribution < 1.29 is 4.52 Å². The Bertz CT molecular complexity index is 839. The standard InChI is InChI=1S/C19H23N5OS/c1-2-24-18(15-11-7-4-8-12-15)21-22-19(24)26-13-16-20-17(23-25-16)14-9-5-3-6-10-14/h3,5-6,9-10,15H,2,4,7-8,11-13H2,1H3. The van der Waals surface area contributed by atoms with Crippen molar-refractivity contribution in [2.45, 2.75) is 62.4 Å². The number of nitrogens with zero attached hydrogens (tertiary/aromatic N) is 5. The van der Waals surface area contributed by atoms with Gasteiger partial charge in [0.15, 0.2) is 5.16 Å². The highest BCUT2D eigenvalue weighted by Crippen LogP contribution is 2.33. The molecular weight excluding hydrogens is 346 g/mol. The van der Waals surface area contributed by atoms with Gasteiger partial charge in [0.05, 0.1) is 5.75 Å². The Morgan fingerprint density at radius 2 is 1.92 bits per heavy atom. The summed E-state index contributed by atoms with van der Waals surface area (Å²) in [6, 6.07) is 9.87. The lowest BCUT2D eigenvalue weighted by Gasteiger charge is -2.21. The Labute approximate surface area is 157 Å². The van der Waals surface area contributed by atoms with Crippen molar-refractivity contribution in [2.24, 2.45) is 0 Å². The van der Waals surface area contributed by atoms with Crippen molar-refractivity contribution in [3.8, 4) is 11.4 Å². The number of rotatable bonds is 6. The first-order chi connectivity index (χ1) is 12.8. The van der Waals surface area contributed by atoms with E-state index in [1.54, 1.807) is 11.8 Å². The quantitative estimate of drug-likeness (QED) is 0.587. The van der Waals surface area contributed by atoms with Gasteiger partial charge in [0.25, 0.3) is 0 Å². The summed E-state index contributed by atoms with van der Waals surface area (Å²) >= 11 is 1.61. The van der Waals surface area contributed by atoms with E-state index in [4.69, 9.17) is 4.52 Å². The van der Waals surface area contributed by atoms with Crippen LogP contribution in [0.25, 0.3) is 11.4 Å². The largest absolute Gasteiger partial charge is 0.338 e. The van der Waals surface area contributed by atoms with Crippen LogP contribution in [0.15, 0.2) is 40.0 Å². The van der Waals surface area contributed by atoms with Crippen molar-refractivity contribution in [3.63, 3.8) is 0 Å². The Morgan fingerprint density at radius 1 is 1.12 bits per heavy atom. The first kappa shape index (κ1) is 17.3. The third-order valence-electron chi connectivity index (χ3n) is 4.86. The summed E-state index contributed by atoms with van der Waals surface area (Å²) in [6.07, 6.45) is 6.40. The number of benzene rings is 1. The molecule has 0 saturated heterocycles. The highest BCUT2D eigenvalue weighted by Gasteiger charge is 2.23. The fraction of sp³-hybridized carbons (Fsp3) is 0.474. The van der Waals surface area contributed by atoms with E-state index in [-0.39, 0.29) is 0 Å². The molecule has 2 aromatic heterocycles. The zero-order chi connectivity index (χ0) is 17.8. The minimum Gasteiger partial charge on any atom is -0.338 e. The summed E-state index contributed by atoms with van der Waals surface area (Å²) in [5.74, 6) is 3.53. The molecule has 136 valence electrons. The average molecular weight is 369 g/mol. The molecule has 0 spiro atoms. The second-order valence-corrected chi connectivity index (χ2v) is 7.53. The maximum Gasteiger partial charge on any atom is 0.237 e. The molecule has 4 rings (SSSR count). The molecule has 3 aromatic rings. The van der Waals surface area contributed by atoms with Crippen LogP contribution in [0.1, 0.15) is 56.7 Å². The van der Waals surface area contributed by atoms with Crippen LogP contribution in [0.4, 0.5) is 0 Å². The van der Waals surface area contributed by atoms with Crippen LogP contribution in [0.2, 0.25) is 0 Å². The Balaban J connectivity index is 1.45. The van der Waals surface area contributed by atoms with E-state index < -0.39 is 0 Å². The molecular formula is C19H23N5OS. The number of aromatic nitrogens is 5. The smallest absolute Gasteiger partial charge is 0.237 e. The summed E-state index contributed by atoms with van der Waals surface area (Å²) < 4.78 is 7.64. The van der Waals surface area contributed by atoms with Crippen LogP contribution in [0, 0.1) is 0 Å². The van der Waals surface area contributed by atoms with Crippen LogP contribution in [-0.2, 0) is 12.3 Å². The summed E-state index contributed by atoms with van der Waals surface area (Å²) in [6.45, 7) is 3.04. The topological polar surface area (TPSA) is 69.6 Å². The Kier molecular flexibility index (Phi) is 5.34. The molecule has 0 unspecified atom stereocenters. The van der Waals surface area contributed by atoms with Crippen LogP contribution in [0.3, 0.4) is 0 Å². The van der Waals surface area contributed by atoms with Gasteiger partial charge in [-0.2, -0.15) is 4.98 Å². The summed E-state index contributed by atoms with van der Waals surface area (Å²) in [5, 5.41) is 13.9. The van der Waals surface area contributed by atoms with Crippen LogP contribution >= 0.6 is 11.8 Å². The number of hydrogen-bond acceptors (Lipinski definition) is 6. The molecule has 7 heteroatoms. The van der Waals surface area contributed by atoms with Gasteiger partial charge in [-0.3, -0.25) is 0 Å². The lowest BCUT2D eigenvalue weighted by atomic mass is 9.89. The molecule has 1 fully saturated rings. The maximum absolute atomic E-state index is 5.40. The minimum atomic E-state index is 0.554. The van der Waals surface area contributed by atoms with Gasteiger partial charge in [-0.25, -0.2) is 0 Å². The maximum atomic E-state index is 5.40. The molecule has 0 bridgehead atoms. The second-order valence-electron chi connectivity index (χ2n) is 6.59. The van der Waals surface area contributed by atoms with Gasteiger partial charge < -0.3 is 9.09 Å². The van der Waals surface area contributed by atoms with Crippen molar-refractivity contribution in [1.29, 1.82) is 0 Å². The van der Waals surface area contributed by atoms with Gasteiger partial charge in [-0.1, -0.05) is 66.5 Å². The monoisotopic (exact) mass is 369 g/mol.